The normalized spacial score (nSPS) is 8.50. The Morgan fingerprint density at radius 1 is 1.56 bits per heavy atom. The molecule has 0 fully saturated rings. The number of nitro benzene ring substituents is 1. The second kappa shape index (κ2) is 5.38. The minimum atomic E-state index is -0.521. The van der Waals surface area contributed by atoms with Gasteiger partial charge in [0.2, 0.25) is 0 Å². The molecule has 0 aliphatic carbocycles. The van der Waals surface area contributed by atoms with Crippen molar-refractivity contribution >= 4 is 5.69 Å². The Morgan fingerprint density at radius 3 is 2.88 bits per heavy atom. The van der Waals surface area contributed by atoms with Gasteiger partial charge in [0.05, 0.1) is 17.1 Å². The molecule has 0 N–H and O–H groups in total. The first kappa shape index (κ1) is 11.5. The highest BCUT2D eigenvalue weighted by molar-refractivity contribution is 5.53. The molecule has 0 bridgehead atoms. The molecule has 0 atom stereocenters. The van der Waals surface area contributed by atoms with Gasteiger partial charge in [-0.2, -0.15) is 5.26 Å². The van der Waals surface area contributed by atoms with Gasteiger partial charge in [0.25, 0.3) is 5.69 Å². The largest absolute Gasteiger partial charge is 0.493 e. The van der Waals surface area contributed by atoms with Gasteiger partial charge in [0.1, 0.15) is 5.75 Å². The van der Waals surface area contributed by atoms with Crippen LogP contribution in [0.2, 0.25) is 0 Å². The molecule has 0 saturated heterocycles. The molecule has 1 aromatic carbocycles. The van der Waals surface area contributed by atoms with Gasteiger partial charge in [-0.05, 0) is 18.9 Å². The summed E-state index contributed by atoms with van der Waals surface area (Å²) in [5.41, 5.74) is 0.267. The molecule has 0 spiro atoms. The zero-order valence-electron chi connectivity index (χ0n) is 8.56. The van der Waals surface area contributed by atoms with Gasteiger partial charge in [-0.15, -0.1) is 0 Å². The Bertz CT molecular complexity index is 506. The molecular weight excluding hydrogens is 208 g/mol. The molecule has 0 aromatic heterocycles. The summed E-state index contributed by atoms with van der Waals surface area (Å²) in [5.74, 6) is 5.13. The van der Waals surface area contributed by atoms with E-state index in [4.69, 9.17) is 10.00 Å². The molecule has 1 aromatic rings. The van der Waals surface area contributed by atoms with Gasteiger partial charge >= 0.3 is 0 Å². The van der Waals surface area contributed by atoms with Gasteiger partial charge in [0, 0.05) is 18.1 Å². The van der Waals surface area contributed by atoms with Crippen LogP contribution in [0.5, 0.6) is 5.75 Å². The fourth-order valence-corrected chi connectivity index (χ4v) is 1.11. The van der Waals surface area contributed by atoms with Crippen LogP contribution in [-0.2, 0) is 0 Å². The monoisotopic (exact) mass is 216 g/mol. The van der Waals surface area contributed by atoms with E-state index in [0.29, 0.717) is 17.9 Å². The minimum absolute atomic E-state index is 0.0781. The first-order valence-corrected chi connectivity index (χ1v) is 4.50. The number of nitro groups is 1. The van der Waals surface area contributed by atoms with Crippen LogP contribution in [0.25, 0.3) is 0 Å². The van der Waals surface area contributed by atoms with Gasteiger partial charge in [0.15, 0.2) is 6.07 Å². The van der Waals surface area contributed by atoms with Crippen molar-refractivity contribution in [2.45, 2.75) is 6.92 Å². The third kappa shape index (κ3) is 2.73. The predicted molar refractivity (Wildman–Crippen MR) is 56.8 cm³/mol. The molecule has 0 radical (unpaired) electrons. The van der Waals surface area contributed by atoms with Crippen molar-refractivity contribution in [1.29, 1.82) is 5.26 Å². The zero-order valence-corrected chi connectivity index (χ0v) is 8.56. The van der Waals surface area contributed by atoms with E-state index < -0.39 is 4.92 Å². The van der Waals surface area contributed by atoms with Crippen LogP contribution in [0.15, 0.2) is 18.2 Å². The number of ether oxygens (including phenoxy) is 1. The van der Waals surface area contributed by atoms with Gasteiger partial charge in [-0.3, -0.25) is 10.1 Å². The zero-order chi connectivity index (χ0) is 12.0. The molecule has 0 aliphatic heterocycles. The molecule has 0 aliphatic rings. The number of rotatable bonds is 3. The lowest BCUT2D eigenvalue weighted by atomic mass is 10.2. The number of nitrogens with zero attached hydrogens (tertiary/aromatic N) is 2. The van der Waals surface area contributed by atoms with Crippen molar-refractivity contribution in [2.24, 2.45) is 0 Å². The highest BCUT2D eigenvalue weighted by Crippen LogP contribution is 2.23. The third-order valence-corrected chi connectivity index (χ3v) is 1.73. The average molecular weight is 216 g/mol. The topological polar surface area (TPSA) is 76.2 Å². The quantitative estimate of drug-likeness (QED) is 0.439. The maximum absolute atomic E-state index is 10.5. The lowest BCUT2D eigenvalue weighted by Crippen LogP contribution is -1.96. The Kier molecular flexibility index (Phi) is 3.88. The smallest absolute Gasteiger partial charge is 0.270 e. The van der Waals surface area contributed by atoms with Crippen LogP contribution in [0.3, 0.4) is 0 Å². The van der Waals surface area contributed by atoms with Gasteiger partial charge in [-0.1, -0.05) is 0 Å². The summed E-state index contributed by atoms with van der Waals surface area (Å²) in [6.07, 6.45) is 0. The van der Waals surface area contributed by atoms with E-state index in [1.807, 2.05) is 0 Å². The van der Waals surface area contributed by atoms with Crippen molar-refractivity contribution in [3.8, 4) is 23.7 Å². The molecule has 0 saturated carbocycles. The molecule has 80 valence electrons. The van der Waals surface area contributed by atoms with Crippen molar-refractivity contribution in [3.05, 3.63) is 33.9 Å². The van der Waals surface area contributed by atoms with E-state index in [9.17, 15) is 10.1 Å². The maximum Gasteiger partial charge on any atom is 0.270 e. The SMILES string of the molecule is CCOc1ccc([N+](=O)[O-])cc1C#CC#N. The Morgan fingerprint density at radius 2 is 2.31 bits per heavy atom. The summed E-state index contributed by atoms with van der Waals surface area (Å²) >= 11 is 0. The van der Waals surface area contributed by atoms with E-state index in [1.165, 1.54) is 18.2 Å². The molecule has 0 amide bonds. The second-order valence-electron chi connectivity index (χ2n) is 2.73. The second-order valence-corrected chi connectivity index (χ2v) is 2.73. The highest BCUT2D eigenvalue weighted by Gasteiger charge is 2.09. The summed E-state index contributed by atoms with van der Waals surface area (Å²) < 4.78 is 5.23. The number of non-ortho nitro benzene ring substituents is 1. The van der Waals surface area contributed by atoms with Crippen molar-refractivity contribution < 1.29 is 9.66 Å². The Labute approximate surface area is 92.4 Å². The fraction of sp³-hybridized carbons (Fsp3) is 0.182. The van der Waals surface area contributed by atoms with Crippen LogP contribution in [0.1, 0.15) is 12.5 Å². The first-order valence-electron chi connectivity index (χ1n) is 4.50. The summed E-state index contributed by atoms with van der Waals surface area (Å²) in [6, 6.07) is 5.75. The van der Waals surface area contributed by atoms with E-state index >= 15 is 0 Å². The maximum atomic E-state index is 10.5. The first-order chi connectivity index (χ1) is 7.69. The molecule has 0 unspecified atom stereocenters. The molecule has 1 rings (SSSR count). The Hall–Kier alpha value is -2.53. The summed E-state index contributed by atoms with van der Waals surface area (Å²) in [5, 5.41) is 18.9. The molecule has 5 nitrogen and oxygen atoms in total. The standard InChI is InChI=1S/C11H8N2O3/c1-2-16-11-6-5-10(13(14)15)8-9(11)4-3-7-12/h5-6,8H,2H2,1H3. The minimum Gasteiger partial charge on any atom is -0.493 e. The number of hydrogen-bond acceptors (Lipinski definition) is 4. The van der Waals surface area contributed by atoms with Crippen LogP contribution < -0.4 is 4.74 Å². The van der Waals surface area contributed by atoms with Gasteiger partial charge in [-0.25, -0.2) is 0 Å². The number of hydrogen-bond donors (Lipinski definition) is 0. The molecular formula is C11H8N2O3. The lowest BCUT2D eigenvalue weighted by Gasteiger charge is -2.04. The van der Waals surface area contributed by atoms with Gasteiger partial charge < -0.3 is 4.74 Å². The summed E-state index contributed by atoms with van der Waals surface area (Å²) in [4.78, 5) is 10.0. The van der Waals surface area contributed by atoms with E-state index in [-0.39, 0.29) is 5.69 Å². The summed E-state index contributed by atoms with van der Waals surface area (Å²) in [7, 11) is 0. The predicted octanol–water partition coefficient (Wildman–Crippen LogP) is 1.87. The fourth-order valence-electron chi connectivity index (χ4n) is 1.11. The molecule has 0 heterocycles. The van der Waals surface area contributed by atoms with Crippen molar-refractivity contribution in [3.63, 3.8) is 0 Å². The third-order valence-electron chi connectivity index (χ3n) is 1.73. The van der Waals surface area contributed by atoms with Crippen LogP contribution in [-0.4, -0.2) is 11.5 Å². The average Bonchev–Trinajstić information content (AvgIpc) is 2.27. The number of nitriles is 1. The van der Waals surface area contributed by atoms with Crippen LogP contribution in [0, 0.1) is 33.3 Å². The molecule has 5 heteroatoms. The van der Waals surface area contributed by atoms with E-state index in [1.54, 1.807) is 13.0 Å². The molecule has 16 heavy (non-hydrogen) atoms. The summed E-state index contributed by atoms with van der Waals surface area (Å²) in [6.45, 7) is 2.22. The van der Waals surface area contributed by atoms with Crippen LogP contribution in [0.4, 0.5) is 5.69 Å². The lowest BCUT2D eigenvalue weighted by molar-refractivity contribution is -0.384. The number of benzene rings is 1. The van der Waals surface area contributed by atoms with Crippen LogP contribution >= 0.6 is 0 Å². The van der Waals surface area contributed by atoms with Crippen molar-refractivity contribution in [2.75, 3.05) is 6.61 Å². The van der Waals surface area contributed by atoms with Crippen molar-refractivity contribution in [1.82, 2.24) is 0 Å². The van der Waals surface area contributed by atoms with E-state index in [2.05, 4.69) is 11.8 Å². The van der Waals surface area contributed by atoms with E-state index in [0.717, 1.165) is 0 Å². The Balaban J connectivity index is 3.21. The highest BCUT2D eigenvalue weighted by atomic mass is 16.6.